The van der Waals surface area contributed by atoms with Gasteiger partial charge in [-0.05, 0) is 53.6 Å². The van der Waals surface area contributed by atoms with Gasteiger partial charge >= 0.3 is 6.03 Å². The molecule has 0 radical (unpaired) electrons. The van der Waals surface area contributed by atoms with E-state index in [0.717, 1.165) is 11.1 Å². The quantitative estimate of drug-likeness (QED) is 0.321. The molecule has 10 heteroatoms. The third-order valence-electron chi connectivity index (χ3n) is 5.84. The van der Waals surface area contributed by atoms with E-state index in [1.807, 2.05) is 30.3 Å². The number of amides is 3. The van der Waals surface area contributed by atoms with Crippen LogP contribution in [0.3, 0.4) is 0 Å². The number of urea groups is 1. The number of anilines is 1. The van der Waals surface area contributed by atoms with Crippen LogP contribution in [-0.4, -0.2) is 29.9 Å². The van der Waals surface area contributed by atoms with Crippen molar-refractivity contribution in [2.24, 2.45) is 0 Å². The molecular formula is C25H21N5O5. The number of para-hydroxylation sites is 1. The Bertz CT molecular complexity index is 1380. The van der Waals surface area contributed by atoms with E-state index in [9.17, 15) is 19.5 Å². The second-order valence-electron chi connectivity index (χ2n) is 7.87. The zero-order chi connectivity index (χ0) is 24.5. The standard InChI is InChI=1S/C25H21N5O5/c1-35-14-11-9-13(10-12-14)21-20-22(28-27-21)16-6-4-7-17(19(16)23(20)32)26-25(34)30-29-24(33)15-5-2-3-8-18(15)31/h2-12,22,27-28,31H,1H3,(H,29,33)(H2,26,30,34). The van der Waals surface area contributed by atoms with Gasteiger partial charge in [0.1, 0.15) is 11.5 Å². The number of nitrogens with one attached hydrogen (secondary N) is 5. The highest BCUT2D eigenvalue weighted by Gasteiger charge is 2.42. The van der Waals surface area contributed by atoms with Crippen molar-refractivity contribution in [1.82, 2.24) is 21.7 Å². The Labute approximate surface area is 199 Å². The van der Waals surface area contributed by atoms with Gasteiger partial charge in [0, 0.05) is 5.57 Å². The van der Waals surface area contributed by atoms with Crippen LogP contribution < -0.4 is 31.8 Å². The molecule has 3 aromatic rings. The van der Waals surface area contributed by atoms with Crippen LogP contribution >= 0.6 is 0 Å². The molecule has 6 N–H and O–H groups in total. The molecule has 1 unspecified atom stereocenters. The molecule has 10 nitrogen and oxygen atoms in total. The van der Waals surface area contributed by atoms with Crippen LogP contribution in [0, 0.1) is 0 Å². The monoisotopic (exact) mass is 471 g/mol. The molecule has 0 aromatic heterocycles. The lowest BCUT2D eigenvalue weighted by atomic mass is 10.0. The van der Waals surface area contributed by atoms with Gasteiger partial charge in [-0.15, -0.1) is 0 Å². The number of Topliss-reactive ketones (excluding diaryl/α,β-unsaturated/α-hetero) is 1. The second-order valence-corrected chi connectivity index (χ2v) is 7.87. The molecule has 0 saturated heterocycles. The first-order valence-corrected chi connectivity index (χ1v) is 10.7. The lowest BCUT2D eigenvalue weighted by Crippen LogP contribution is -2.44. The van der Waals surface area contributed by atoms with Crippen molar-refractivity contribution in [3.05, 3.63) is 94.6 Å². The number of rotatable bonds is 4. The van der Waals surface area contributed by atoms with Crippen LogP contribution in [0.25, 0.3) is 5.70 Å². The first-order valence-electron chi connectivity index (χ1n) is 10.7. The van der Waals surface area contributed by atoms with Crippen molar-refractivity contribution >= 4 is 29.1 Å². The topological polar surface area (TPSA) is 141 Å². The van der Waals surface area contributed by atoms with Crippen LogP contribution in [0.4, 0.5) is 10.5 Å². The number of fused-ring (bicyclic) bond motifs is 3. The Hall–Kier alpha value is -4.83. The zero-order valence-corrected chi connectivity index (χ0v) is 18.5. The van der Waals surface area contributed by atoms with E-state index in [0.29, 0.717) is 28.3 Å². The van der Waals surface area contributed by atoms with E-state index in [1.165, 1.54) is 12.1 Å². The number of ketones is 1. The highest BCUT2D eigenvalue weighted by atomic mass is 16.5. The summed E-state index contributed by atoms with van der Waals surface area (Å²) in [6.07, 6.45) is 0. The smallest absolute Gasteiger partial charge is 0.337 e. The summed E-state index contributed by atoms with van der Waals surface area (Å²) in [5, 5.41) is 12.4. The van der Waals surface area contributed by atoms with E-state index in [-0.39, 0.29) is 23.1 Å². The summed E-state index contributed by atoms with van der Waals surface area (Å²) in [5.74, 6) is -0.420. The lowest BCUT2D eigenvalue weighted by Gasteiger charge is -2.13. The highest BCUT2D eigenvalue weighted by Crippen LogP contribution is 2.44. The Morgan fingerprint density at radius 1 is 0.971 bits per heavy atom. The molecule has 3 amide bonds. The van der Waals surface area contributed by atoms with Crippen LogP contribution in [-0.2, 0) is 0 Å². The average molecular weight is 471 g/mol. The Morgan fingerprint density at radius 2 is 1.74 bits per heavy atom. The van der Waals surface area contributed by atoms with E-state index < -0.39 is 11.9 Å². The van der Waals surface area contributed by atoms with Gasteiger partial charge in [-0.25, -0.2) is 15.6 Å². The predicted molar refractivity (Wildman–Crippen MR) is 127 cm³/mol. The number of phenols is 1. The molecule has 176 valence electrons. The molecule has 0 bridgehead atoms. The van der Waals surface area contributed by atoms with Gasteiger partial charge in [-0.1, -0.05) is 24.3 Å². The van der Waals surface area contributed by atoms with Crippen molar-refractivity contribution in [1.29, 1.82) is 0 Å². The van der Waals surface area contributed by atoms with Crippen LogP contribution in [0.15, 0.2) is 72.3 Å². The summed E-state index contributed by atoms with van der Waals surface area (Å²) >= 11 is 0. The summed E-state index contributed by atoms with van der Waals surface area (Å²) in [5.41, 5.74) is 14.1. The summed E-state index contributed by atoms with van der Waals surface area (Å²) < 4.78 is 5.20. The number of hydrazine groups is 2. The van der Waals surface area contributed by atoms with Gasteiger partial charge in [-0.2, -0.15) is 0 Å². The van der Waals surface area contributed by atoms with Crippen molar-refractivity contribution in [2.75, 3.05) is 12.4 Å². The molecule has 3 aromatic carbocycles. The van der Waals surface area contributed by atoms with E-state index in [4.69, 9.17) is 4.74 Å². The normalized spacial score (nSPS) is 15.7. The maximum atomic E-state index is 13.4. The van der Waals surface area contributed by atoms with Gasteiger partial charge < -0.3 is 20.6 Å². The fraction of sp³-hybridized carbons (Fsp3) is 0.0800. The SMILES string of the molecule is COc1ccc(C2=C3C(=O)c4c(NC(=O)NNC(=O)c5ccccc5O)cccc4C3NN2)cc1. The number of methoxy groups -OCH3 is 1. The minimum absolute atomic E-state index is 0.00739. The molecular weight excluding hydrogens is 450 g/mol. The summed E-state index contributed by atoms with van der Waals surface area (Å²) in [6.45, 7) is 0. The van der Waals surface area contributed by atoms with E-state index in [1.54, 1.807) is 31.4 Å². The average Bonchev–Trinajstić information content (AvgIpc) is 3.43. The molecule has 1 aliphatic carbocycles. The van der Waals surface area contributed by atoms with Gasteiger partial charge in [-0.3, -0.25) is 15.0 Å². The van der Waals surface area contributed by atoms with Gasteiger partial charge in [0.2, 0.25) is 0 Å². The van der Waals surface area contributed by atoms with Crippen molar-refractivity contribution in [3.8, 4) is 11.5 Å². The fourth-order valence-electron chi connectivity index (χ4n) is 4.19. The molecule has 5 rings (SSSR count). The molecule has 0 saturated carbocycles. The van der Waals surface area contributed by atoms with Crippen LogP contribution in [0.1, 0.15) is 37.9 Å². The molecule has 1 aliphatic heterocycles. The predicted octanol–water partition coefficient (Wildman–Crippen LogP) is 2.62. The number of benzene rings is 3. The van der Waals surface area contributed by atoms with Gasteiger partial charge in [0.25, 0.3) is 5.91 Å². The third kappa shape index (κ3) is 3.91. The van der Waals surface area contributed by atoms with Gasteiger partial charge in [0.15, 0.2) is 5.78 Å². The number of phenolic OH excluding ortho intramolecular Hbond substituents is 1. The number of aromatic hydroxyl groups is 1. The molecule has 35 heavy (non-hydrogen) atoms. The number of carbonyl (C=O) groups is 3. The Morgan fingerprint density at radius 3 is 2.49 bits per heavy atom. The first-order chi connectivity index (χ1) is 17.0. The van der Waals surface area contributed by atoms with Crippen molar-refractivity contribution < 1.29 is 24.2 Å². The number of ether oxygens (including phenoxy) is 1. The minimum Gasteiger partial charge on any atom is -0.507 e. The summed E-state index contributed by atoms with van der Waals surface area (Å²) in [4.78, 5) is 38.1. The molecule has 1 atom stereocenters. The van der Waals surface area contributed by atoms with Crippen molar-refractivity contribution in [3.63, 3.8) is 0 Å². The number of hydrogen-bond donors (Lipinski definition) is 6. The maximum Gasteiger partial charge on any atom is 0.337 e. The van der Waals surface area contributed by atoms with Gasteiger partial charge in [0.05, 0.1) is 35.7 Å². The van der Waals surface area contributed by atoms with Crippen LogP contribution in [0.5, 0.6) is 11.5 Å². The molecule has 0 fully saturated rings. The molecule has 1 heterocycles. The van der Waals surface area contributed by atoms with E-state index in [2.05, 4.69) is 27.0 Å². The Balaban J connectivity index is 1.35. The van der Waals surface area contributed by atoms with E-state index >= 15 is 0 Å². The van der Waals surface area contributed by atoms with Crippen molar-refractivity contribution in [2.45, 2.75) is 6.04 Å². The summed E-state index contributed by atoms with van der Waals surface area (Å²) in [6, 6.07) is 17.3. The van der Waals surface area contributed by atoms with Crippen LogP contribution in [0.2, 0.25) is 0 Å². The largest absolute Gasteiger partial charge is 0.507 e. The number of hydrogen-bond acceptors (Lipinski definition) is 7. The highest BCUT2D eigenvalue weighted by molar-refractivity contribution is 6.22. The maximum absolute atomic E-state index is 13.4. The molecule has 0 spiro atoms. The summed E-state index contributed by atoms with van der Waals surface area (Å²) in [7, 11) is 1.58. The number of carbonyl (C=O) groups excluding carboxylic acids is 3. The Kier molecular flexibility index (Phi) is 5.55. The fourth-order valence-corrected chi connectivity index (χ4v) is 4.19. The minimum atomic E-state index is -0.748. The third-order valence-corrected chi connectivity index (χ3v) is 5.84. The lowest BCUT2D eigenvalue weighted by molar-refractivity contribution is 0.0934. The zero-order valence-electron chi connectivity index (χ0n) is 18.5. The second kappa shape index (κ2) is 8.84. The molecule has 2 aliphatic rings. The first kappa shape index (κ1) is 22.0.